The van der Waals surface area contributed by atoms with Crippen molar-refractivity contribution < 1.29 is 14.2 Å². The second kappa shape index (κ2) is 10.5. The smallest absolute Gasteiger partial charge is 0.123 e. The SMILES string of the molecule is O[C@H](COc1ccc(F)cc1)CN1CCN(Cc2nccn2Cc2ccccc2)CC1. The van der Waals surface area contributed by atoms with Crippen molar-refractivity contribution in [2.45, 2.75) is 19.2 Å². The molecule has 0 saturated carbocycles. The first-order valence-electron chi connectivity index (χ1n) is 10.7. The summed E-state index contributed by atoms with van der Waals surface area (Å²) in [5, 5.41) is 10.3. The van der Waals surface area contributed by atoms with Crippen molar-refractivity contribution in [3.8, 4) is 5.75 Å². The van der Waals surface area contributed by atoms with Gasteiger partial charge in [0.2, 0.25) is 0 Å². The molecule has 1 fully saturated rings. The molecule has 1 N–H and O–H groups in total. The van der Waals surface area contributed by atoms with Gasteiger partial charge in [-0.2, -0.15) is 0 Å². The highest BCUT2D eigenvalue weighted by atomic mass is 19.1. The predicted molar refractivity (Wildman–Crippen MR) is 117 cm³/mol. The van der Waals surface area contributed by atoms with Gasteiger partial charge in [0, 0.05) is 51.7 Å². The van der Waals surface area contributed by atoms with Crippen molar-refractivity contribution in [2.75, 3.05) is 39.3 Å². The fourth-order valence-electron chi connectivity index (χ4n) is 3.82. The zero-order valence-corrected chi connectivity index (χ0v) is 17.6. The van der Waals surface area contributed by atoms with Crippen molar-refractivity contribution in [1.29, 1.82) is 0 Å². The van der Waals surface area contributed by atoms with E-state index < -0.39 is 6.10 Å². The van der Waals surface area contributed by atoms with Gasteiger partial charge in [-0.15, -0.1) is 0 Å². The van der Waals surface area contributed by atoms with Crippen LogP contribution in [0.25, 0.3) is 0 Å². The summed E-state index contributed by atoms with van der Waals surface area (Å²) in [6.45, 7) is 6.08. The zero-order chi connectivity index (χ0) is 21.5. The van der Waals surface area contributed by atoms with Gasteiger partial charge in [-0.05, 0) is 29.8 Å². The molecule has 6 nitrogen and oxygen atoms in total. The van der Waals surface area contributed by atoms with Gasteiger partial charge in [-0.1, -0.05) is 30.3 Å². The lowest BCUT2D eigenvalue weighted by Crippen LogP contribution is -2.49. The highest BCUT2D eigenvalue weighted by molar-refractivity contribution is 5.22. The van der Waals surface area contributed by atoms with Gasteiger partial charge < -0.3 is 14.4 Å². The molecule has 1 saturated heterocycles. The van der Waals surface area contributed by atoms with Crippen LogP contribution in [0, 0.1) is 5.82 Å². The minimum Gasteiger partial charge on any atom is -0.491 e. The normalized spacial score (nSPS) is 16.3. The van der Waals surface area contributed by atoms with Crippen LogP contribution in [0.5, 0.6) is 5.75 Å². The summed E-state index contributed by atoms with van der Waals surface area (Å²) in [5.74, 6) is 1.34. The third-order valence-electron chi connectivity index (χ3n) is 5.55. The molecule has 31 heavy (non-hydrogen) atoms. The van der Waals surface area contributed by atoms with E-state index in [2.05, 4.69) is 43.6 Å². The maximum Gasteiger partial charge on any atom is 0.123 e. The second-order valence-corrected chi connectivity index (χ2v) is 7.95. The standard InChI is InChI=1S/C24H29FN4O2/c25-21-6-8-23(9-7-21)31-19-22(30)17-27-12-14-28(15-13-27)18-24-26-10-11-29(24)16-20-4-2-1-3-5-20/h1-11,22,30H,12-19H2/t22-/m0/s1. The lowest BCUT2D eigenvalue weighted by molar-refractivity contribution is 0.0439. The number of aromatic nitrogens is 2. The molecule has 1 atom stereocenters. The Morgan fingerprint density at radius 2 is 1.65 bits per heavy atom. The molecule has 1 aliphatic heterocycles. The van der Waals surface area contributed by atoms with Crippen LogP contribution in [-0.2, 0) is 13.1 Å². The lowest BCUT2D eigenvalue weighted by atomic mass is 10.2. The Morgan fingerprint density at radius 1 is 0.935 bits per heavy atom. The van der Waals surface area contributed by atoms with E-state index in [1.807, 2.05) is 18.5 Å². The van der Waals surface area contributed by atoms with Crippen molar-refractivity contribution in [1.82, 2.24) is 19.4 Å². The van der Waals surface area contributed by atoms with Gasteiger partial charge in [0.05, 0.1) is 6.54 Å². The fourth-order valence-corrected chi connectivity index (χ4v) is 3.82. The number of ether oxygens (including phenoxy) is 1. The van der Waals surface area contributed by atoms with Gasteiger partial charge in [0.25, 0.3) is 0 Å². The van der Waals surface area contributed by atoms with Crippen LogP contribution >= 0.6 is 0 Å². The molecule has 4 rings (SSSR count). The molecular weight excluding hydrogens is 395 g/mol. The van der Waals surface area contributed by atoms with E-state index in [1.165, 1.54) is 17.7 Å². The lowest BCUT2D eigenvalue weighted by Gasteiger charge is -2.35. The second-order valence-electron chi connectivity index (χ2n) is 7.95. The Balaban J connectivity index is 1.20. The molecule has 0 radical (unpaired) electrons. The van der Waals surface area contributed by atoms with Crippen molar-refractivity contribution in [3.63, 3.8) is 0 Å². The summed E-state index contributed by atoms with van der Waals surface area (Å²) in [6, 6.07) is 16.3. The molecule has 0 bridgehead atoms. The third kappa shape index (κ3) is 6.37. The number of hydrogen-bond donors (Lipinski definition) is 1. The number of benzene rings is 2. The van der Waals surface area contributed by atoms with Crippen LogP contribution in [0.3, 0.4) is 0 Å². The van der Waals surface area contributed by atoms with E-state index >= 15 is 0 Å². The molecule has 0 aliphatic carbocycles. The maximum absolute atomic E-state index is 12.9. The van der Waals surface area contributed by atoms with Gasteiger partial charge in [-0.3, -0.25) is 9.80 Å². The van der Waals surface area contributed by atoms with Crippen LogP contribution in [0.4, 0.5) is 4.39 Å². The Labute approximate surface area is 182 Å². The highest BCUT2D eigenvalue weighted by Crippen LogP contribution is 2.13. The summed E-state index contributed by atoms with van der Waals surface area (Å²) in [6.07, 6.45) is 3.32. The van der Waals surface area contributed by atoms with Crippen molar-refractivity contribution in [2.24, 2.45) is 0 Å². The Bertz CT molecular complexity index is 924. The van der Waals surface area contributed by atoms with Crippen molar-refractivity contribution in [3.05, 3.63) is 84.2 Å². The van der Waals surface area contributed by atoms with Crippen LogP contribution in [0.1, 0.15) is 11.4 Å². The molecule has 1 aliphatic rings. The largest absolute Gasteiger partial charge is 0.491 e. The summed E-state index contributed by atoms with van der Waals surface area (Å²) >= 11 is 0. The van der Waals surface area contributed by atoms with E-state index in [-0.39, 0.29) is 12.4 Å². The summed E-state index contributed by atoms with van der Waals surface area (Å²) < 4.78 is 20.7. The van der Waals surface area contributed by atoms with Gasteiger partial charge in [0.1, 0.15) is 30.1 Å². The summed E-state index contributed by atoms with van der Waals surface area (Å²) in [4.78, 5) is 9.22. The van der Waals surface area contributed by atoms with E-state index in [0.29, 0.717) is 12.3 Å². The molecule has 7 heteroatoms. The minimum atomic E-state index is -0.582. The molecule has 2 heterocycles. The van der Waals surface area contributed by atoms with Gasteiger partial charge in [0.15, 0.2) is 0 Å². The number of halogens is 1. The molecule has 1 aromatic heterocycles. The van der Waals surface area contributed by atoms with Crippen molar-refractivity contribution >= 4 is 0 Å². The van der Waals surface area contributed by atoms with Gasteiger partial charge >= 0.3 is 0 Å². The zero-order valence-electron chi connectivity index (χ0n) is 17.6. The summed E-state index contributed by atoms with van der Waals surface area (Å²) in [7, 11) is 0. The number of hydrogen-bond acceptors (Lipinski definition) is 5. The first-order valence-corrected chi connectivity index (χ1v) is 10.7. The average molecular weight is 425 g/mol. The number of aliphatic hydroxyl groups is 1. The minimum absolute atomic E-state index is 0.197. The van der Waals surface area contributed by atoms with E-state index in [1.54, 1.807) is 12.1 Å². The highest BCUT2D eigenvalue weighted by Gasteiger charge is 2.20. The topological polar surface area (TPSA) is 53.8 Å². The van der Waals surface area contributed by atoms with Crippen LogP contribution in [0.2, 0.25) is 0 Å². The van der Waals surface area contributed by atoms with Crippen LogP contribution in [-0.4, -0.2) is 69.9 Å². The number of nitrogens with zero attached hydrogens (tertiary/aromatic N) is 4. The first-order chi connectivity index (χ1) is 15.2. The molecular formula is C24H29FN4O2. The van der Waals surface area contributed by atoms with E-state index in [4.69, 9.17) is 4.74 Å². The maximum atomic E-state index is 12.9. The van der Waals surface area contributed by atoms with E-state index in [9.17, 15) is 9.50 Å². The predicted octanol–water partition coefficient (Wildman–Crippen LogP) is 2.63. The molecule has 0 amide bonds. The molecule has 0 spiro atoms. The molecule has 2 aromatic carbocycles. The third-order valence-corrected chi connectivity index (χ3v) is 5.55. The number of imidazole rings is 1. The Kier molecular flexibility index (Phi) is 7.30. The Morgan fingerprint density at radius 3 is 2.39 bits per heavy atom. The first kappa shape index (κ1) is 21.5. The molecule has 164 valence electrons. The molecule has 3 aromatic rings. The fraction of sp³-hybridized carbons (Fsp3) is 0.375. The number of rotatable bonds is 9. The number of β-amino-alcohol motifs (C(OH)–C–C–N with tert-alkyl or cyclic N) is 1. The monoisotopic (exact) mass is 424 g/mol. The number of piperazine rings is 1. The quantitative estimate of drug-likeness (QED) is 0.572. The Hall–Kier alpha value is -2.74. The van der Waals surface area contributed by atoms with Gasteiger partial charge in [-0.25, -0.2) is 9.37 Å². The van der Waals surface area contributed by atoms with Crippen LogP contribution in [0.15, 0.2) is 67.0 Å². The summed E-state index contributed by atoms with van der Waals surface area (Å²) in [5.41, 5.74) is 1.27. The average Bonchev–Trinajstić information content (AvgIpc) is 3.22. The van der Waals surface area contributed by atoms with E-state index in [0.717, 1.165) is 45.1 Å². The number of aliphatic hydroxyl groups excluding tert-OH is 1. The van der Waals surface area contributed by atoms with Crippen LogP contribution < -0.4 is 4.74 Å². The molecule has 0 unspecified atom stereocenters.